The average molecular weight is 608 g/mol. The number of unbranched alkanes of at least 4 members (excludes halogenated alkanes) is 1. The first-order valence-electron chi connectivity index (χ1n) is 16.0. The molecule has 0 aliphatic carbocycles. The molecule has 10 heteroatoms. The maximum absolute atomic E-state index is 14.6. The van der Waals surface area contributed by atoms with Gasteiger partial charge in [-0.15, -0.1) is 0 Å². The predicted molar refractivity (Wildman–Crippen MR) is 163 cm³/mol. The van der Waals surface area contributed by atoms with Crippen molar-refractivity contribution in [3.05, 3.63) is 60.2 Å². The third-order valence-corrected chi connectivity index (χ3v) is 9.20. The van der Waals surface area contributed by atoms with Crippen LogP contribution < -0.4 is 5.32 Å². The summed E-state index contributed by atoms with van der Waals surface area (Å²) in [6, 6.07) is 7.52. The Balaban J connectivity index is 1.58. The molecule has 7 atom stereocenters. The van der Waals surface area contributed by atoms with Gasteiger partial charge in [0.05, 0.1) is 31.2 Å². The van der Waals surface area contributed by atoms with E-state index in [0.717, 1.165) is 12.8 Å². The highest BCUT2D eigenvalue weighted by Gasteiger charge is 2.74. The molecule has 10 nitrogen and oxygen atoms in total. The van der Waals surface area contributed by atoms with Gasteiger partial charge in [-0.2, -0.15) is 0 Å². The van der Waals surface area contributed by atoms with E-state index in [4.69, 9.17) is 9.47 Å². The van der Waals surface area contributed by atoms with Crippen LogP contribution in [0.2, 0.25) is 0 Å². The molecule has 238 valence electrons. The number of nitrogens with zero attached hydrogens (tertiary/aromatic N) is 2. The number of cyclic esters (lactones) is 1. The van der Waals surface area contributed by atoms with Crippen LogP contribution in [0.25, 0.3) is 0 Å². The summed E-state index contributed by atoms with van der Waals surface area (Å²) < 4.78 is 12.6. The van der Waals surface area contributed by atoms with E-state index < -0.39 is 47.7 Å². The lowest BCUT2D eigenvalue weighted by Crippen LogP contribution is -2.58. The van der Waals surface area contributed by atoms with Gasteiger partial charge in [-0.1, -0.05) is 81.8 Å². The van der Waals surface area contributed by atoms with Gasteiger partial charge in [0, 0.05) is 19.5 Å². The molecule has 4 aliphatic heterocycles. The number of allylic oxidation sites excluding steroid dienone is 1. The first kappa shape index (κ1) is 31.9. The van der Waals surface area contributed by atoms with Gasteiger partial charge < -0.3 is 29.7 Å². The van der Waals surface area contributed by atoms with Gasteiger partial charge in [0.15, 0.2) is 0 Å². The number of aliphatic hydroxyl groups is 1. The van der Waals surface area contributed by atoms with Crippen molar-refractivity contribution in [1.29, 1.82) is 0 Å². The number of ether oxygens (including phenoxy) is 2. The molecule has 1 spiro atoms. The number of benzene rings is 1. The van der Waals surface area contributed by atoms with Crippen LogP contribution in [0.3, 0.4) is 0 Å². The molecule has 4 heterocycles. The summed E-state index contributed by atoms with van der Waals surface area (Å²) in [5, 5.41) is 13.4. The number of nitrogens with one attached hydrogen (secondary N) is 1. The maximum Gasteiger partial charge on any atom is 0.313 e. The molecule has 1 aromatic rings. The molecule has 0 unspecified atom stereocenters. The fourth-order valence-corrected chi connectivity index (χ4v) is 7.13. The van der Waals surface area contributed by atoms with Gasteiger partial charge in [0.2, 0.25) is 17.7 Å². The van der Waals surface area contributed by atoms with Crippen molar-refractivity contribution in [3.63, 3.8) is 0 Å². The van der Waals surface area contributed by atoms with E-state index in [1.807, 2.05) is 63.3 Å². The summed E-state index contributed by atoms with van der Waals surface area (Å²) in [5.74, 6) is -3.26. The third kappa shape index (κ3) is 6.06. The monoisotopic (exact) mass is 607 g/mol. The molecule has 44 heavy (non-hydrogen) atoms. The Labute approximate surface area is 259 Å². The number of hydrogen-bond acceptors (Lipinski definition) is 7. The minimum Gasteiger partial charge on any atom is -0.455 e. The molecule has 0 saturated carbocycles. The number of likely N-dealkylation sites (tertiary alicyclic amines) is 1. The van der Waals surface area contributed by atoms with Crippen LogP contribution in [-0.4, -0.2) is 88.6 Å². The summed E-state index contributed by atoms with van der Waals surface area (Å²) in [4.78, 5) is 59.0. The molecule has 2 fully saturated rings. The lowest BCUT2D eigenvalue weighted by molar-refractivity contribution is -0.160. The number of amides is 3. The molecule has 0 radical (unpaired) electrons. The van der Waals surface area contributed by atoms with Gasteiger partial charge in [0.25, 0.3) is 0 Å². The van der Waals surface area contributed by atoms with Crippen LogP contribution in [0.1, 0.15) is 64.5 Å². The summed E-state index contributed by atoms with van der Waals surface area (Å²) >= 11 is 0. The Morgan fingerprint density at radius 1 is 1.09 bits per heavy atom. The zero-order chi connectivity index (χ0) is 31.4. The molecule has 1 aromatic carbocycles. The molecular weight excluding hydrogens is 562 g/mol. The van der Waals surface area contributed by atoms with Crippen molar-refractivity contribution in [1.82, 2.24) is 15.1 Å². The second-order valence-electron chi connectivity index (χ2n) is 12.7. The van der Waals surface area contributed by atoms with Crippen LogP contribution in [0.4, 0.5) is 0 Å². The smallest absolute Gasteiger partial charge is 0.313 e. The van der Waals surface area contributed by atoms with Crippen LogP contribution in [0, 0.1) is 17.8 Å². The first-order valence-corrected chi connectivity index (χ1v) is 16.0. The minimum absolute atomic E-state index is 0.0785. The van der Waals surface area contributed by atoms with E-state index in [2.05, 4.69) is 5.32 Å². The quantitative estimate of drug-likeness (QED) is 0.344. The van der Waals surface area contributed by atoms with E-state index in [9.17, 15) is 24.3 Å². The topological polar surface area (TPSA) is 125 Å². The second kappa shape index (κ2) is 13.6. The zero-order valence-corrected chi connectivity index (χ0v) is 25.9. The van der Waals surface area contributed by atoms with Gasteiger partial charge in [-0.25, -0.2) is 0 Å². The lowest BCUT2D eigenvalue weighted by Gasteiger charge is -2.39. The van der Waals surface area contributed by atoms with Gasteiger partial charge in [-0.05, 0) is 30.7 Å². The van der Waals surface area contributed by atoms with Crippen LogP contribution in [-0.2, 0) is 28.7 Å². The number of hydrogen-bond donors (Lipinski definition) is 2. The lowest BCUT2D eigenvalue weighted by atomic mass is 9.74. The summed E-state index contributed by atoms with van der Waals surface area (Å²) in [6.07, 6.45) is 8.67. The average Bonchev–Trinajstić information content (AvgIpc) is 3.66. The first-order chi connectivity index (χ1) is 21.2. The second-order valence-corrected chi connectivity index (χ2v) is 12.7. The molecule has 2 saturated heterocycles. The SMILES string of the molecule is CCCCN1C/C=C\CCC(=O)NC[C@H](c2ccccc2)OC(=O)[C@@H]2[C@H]3C(=O)N([C@@H](CO)CC(C)C)[C@H](C1=O)[C@]31C=C[C@H]2O1. The third-order valence-electron chi connectivity index (χ3n) is 9.20. The zero-order valence-electron chi connectivity index (χ0n) is 25.9. The Morgan fingerprint density at radius 3 is 2.57 bits per heavy atom. The molecule has 4 aliphatic rings. The van der Waals surface area contributed by atoms with Gasteiger partial charge in [-0.3, -0.25) is 19.2 Å². The molecule has 5 rings (SSSR count). The minimum atomic E-state index is -1.36. The van der Waals surface area contributed by atoms with E-state index in [-0.39, 0.29) is 43.2 Å². The van der Waals surface area contributed by atoms with Crippen molar-refractivity contribution in [2.75, 3.05) is 26.2 Å². The molecule has 0 aromatic heterocycles. The number of rotatable bonds is 8. The van der Waals surface area contributed by atoms with E-state index in [1.54, 1.807) is 17.1 Å². The van der Waals surface area contributed by atoms with Crippen LogP contribution in [0.15, 0.2) is 54.6 Å². The van der Waals surface area contributed by atoms with Crippen LogP contribution >= 0.6 is 0 Å². The molecular formula is C34H45N3O7. The Bertz CT molecular complexity index is 1280. The number of aliphatic hydroxyl groups excluding tert-OH is 1. The highest BCUT2D eigenvalue weighted by molar-refractivity contribution is 5.99. The Kier molecular flexibility index (Phi) is 9.90. The Morgan fingerprint density at radius 2 is 1.86 bits per heavy atom. The van der Waals surface area contributed by atoms with Crippen molar-refractivity contribution in [3.8, 4) is 0 Å². The van der Waals surface area contributed by atoms with Gasteiger partial charge >= 0.3 is 5.97 Å². The highest BCUT2D eigenvalue weighted by atomic mass is 16.6. The predicted octanol–water partition coefficient (Wildman–Crippen LogP) is 2.92. The van der Waals surface area contributed by atoms with Crippen LogP contribution in [0.5, 0.6) is 0 Å². The number of carbonyl (C=O) groups excluding carboxylic acids is 4. The number of fused-ring (bicyclic) bond motifs is 2. The number of carbonyl (C=O) groups is 4. The summed E-state index contributed by atoms with van der Waals surface area (Å²) in [6.45, 7) is 6.61. The van der Waals surface area contributed by atoms with Gasteiger partial charge in [0.1, 0.15) is 23.7 Å². The fourth-order valence-electron chi connectivity index (χ4n) is 7.13. The van der Waals surface area contributed by atoms with Crippen molar-refractivity contribution in [2.45, 2.75) is 82.8 Å². The van der Waals surface area contributed by atoms with Crippen molar-refractivity contribution < 1.29 is 33.8 Å². The maximum atomic E-state index is 14.6. The normalized spacial score (nSPS) is 32.2. The summed E-state index contributed by atoms with van der Waals surface area (Å²) in [5.41, 5.74) is -0.643. The van der Waals surface area contributed by atoms with E-state index in [0.29, 0.717) is 31.5 Å². The molecule has 3 amide bonds. The highest BCUT2D eigenvalue weighted by Crippen LogP contribution is 2.56. The van der Waals surface area contributed by atoms with E-state index in [1.165, 1.54) is 4.90 Å². The standard InChI is InChI=1S/C34H45N3O7/c1-4-5-17-36-18-11-7-10-14-27(39)35-20-26(23-12-8-6-9-13-23)43-33(42)28-25-15-16-34(44-25)29(28)31(40)37(30(34)32(36)41)24(21-38)19-22(2)3/h6-9,11-13,15-16,22,24-26,28-30,38H,4-5,10,14,17-21H2,1-3H3,(H,35,39)/b11-7-/t24-,25-,26-,28+,29+,30-,34+/m1/s1. The largest absolute Gasteiger partial charge is 0.455 e. The molecule has 5 bridgehead atoms. The van der Waals surface area contributed by atoms with Crippen molar-refractivity contribution in [2.24, 2.45) is 17.8 Å². The fraction of sp³-hybridized carbons (Fsp3) is 0.588. The molecule has 2 N–H and O–H groups in total. The Hall–Kier alpha value is -3.50. The summed E-state index contributed by atoms with van der Waals surface area (Å²) in [7, 11) is 0. The number of esters is 1. The van der Waals surface area contributed by atoms with E-state index >= 15 is 0 Å². The van der Waals surface area contributed by atoms with Crippen molar-refractivity contribution >= 4 is 23.7 Å².